The van der Waals surface area contributed by atoms with Gasteiger partial charge in [-0.3, -0.25) is 4.68 Å². The third kappa shape index (κ3) is 3.07. The van der Waals surface area contributed by atoms with Gasteiger partial charge in [0.1, 0.15) is 16.2 Å². The van der Waals surface area contributed by atoms with E-state index in [1.54, 1.807) is 0 Å². The first-order valence-corrected chi connectivity index (χ1v) is 6.64. The molecule has 0 saturated carbocycles. The number of aromatic nitrogens is 4. The molecule has 0 aliphatic rings. The van der Waals surface area contributed by atoms with Crippen LogP contribution in [0.1, 0.15) is 24.0 Å². The van der Waals surface area contributed by atoms with Crippen LogP contribution in [0.2, 0.25) is 0 Å². The minimum absolute atomic E-state index is 0.722. The van der Waals surface area contributed by atoms with Gasteiger partial charge in [0, 0.05) is 31.4 Å². The summed E-state index contributed by atoms with van der Waals surface area (Å²) in [6.07, 6.45) is 2.97. The highest BCUT2D eigenvalue weighted by atomic mass is 79.9. The molecule has 0 amide bonds. The van der Waals surface area contributed by atoms with Crippen molar-refractivity contribution in [2.75, 3.05) is 5.32 Å². The predicted molar refractivity (Wildman–Crippen MR) is 74.4 cm³/mol. The van der Waals surface area contributed by atoms with Gasteiger partial charge < -0.3 is 5.32 Å². The predicted octanol–water partition coefficient (Wildman–Crippen LogP) is 2.46. The van der Waals surface area contributed by atoms with Crippen LogP contribution in [0.3, 0.4) is 0 Å². The maximum absolute atomic E-state index is 4.41. The van der Waals surface area contributed by atoms with E-state index >= 15 is 0 Å². The molecule has 0 fully saturated rings. The Bertz CT molecular complexity index is 529. The van der Waals surface area contributed by atoms with Gasteiger partial charge in [0.2, 0.25) is 0 Å². The van der Waals surface area contributed by atoms with Crippen molar-refractivity contribution >= 4 is 21.7 Å². The number of hydrogen-bond acceptors (Lipinski definition) is 4. The zero-order valence-electron chi connectivity index (χ0n) is 10.7. The van der Waals surface area contributed by atoms with Gasteiger partial charge >= 0.3 is 0 Å². The van der Waals surface area contributed by atoms with Crippen molar-refractivity contribution in [3.63, 3.8) is 0 Å². The van der Waals surface area contributed by atoms with Crippen LogP contribution in [0.15, 0.2) is 16.9 Å². The van der Waals surface area contributed by atoms with Gasteiger partial charge in [-0.2, -0.15) is 5.10 Å². The van der Waals surface area contributed by atoms with Crippen molar-refractivity contribution in [2.24, 2.45) is 7.05 Å². The second-order valence-electron chi connectivity index (χ2n) is 4.10. The monoisotopic (exact) mass is 309 g/mol. The molecule has 0 atom stereocenters. The molecule has 6 heteroatoms. The van der Waals surface area contributed by atoms with E-state index in [1.807, 2.05) is 30.9 Å². The lowest BCUT2D eigenvalue weighted by atomic mass is 10.2. The van der Waals surface area contributed by atoms with Crippen LogP contribution >= 0.6 is 15.9 Å². The molecule has 2 aromatic rings. The zero-order chi connectivity index (χ0) is 13.1. The molecule has 0 saturated heterocycles. The second kappa shape index (κ2) is 5.48. The summed E-state index contributed by atoms with van der Waals surface area (Å²) in [5.41, 5.74) is 2.32. The average Bonchev–Trinajstić information content (AvgIpc) is 2.66. The summed E-state index contributed by atoms with van der Waals surface area (Å²) in [6.45, 7) is 4.70. The number of nitrogens with one attached hydrogen (secondary N) is 1. The minimum Gasteiger partial charge on any atom is -0.366 e. The topological polar surface area (TPSA) is 55.6 Å². The molecule has 2 rings (SSSR count). The van der Waals surface area contributed by atoms with Crippen LogP contribution in [0, 0.1) is 6.92 Å². The molecule has 5 nitrogen and oxygen atoms in total. The molecular weight excluding hydrogens is 294 g/mol. The molecule has 0 aromatic carbocycles. The highest BCUT2D eigenvalue weighted by Crippen LogP contribution is 2.14. The second-order valence-corrected chi connectivity index (χ2v) is 4.92. The number of rotatable bonds is 4. The number of anilines is 1. The molecule has 96 valence electrons. The van der Waals surface area contributed by atoms with Gasteiger partial charge in [0.15, 0.2) is 0 Å². The van der Waals surface area contributed by atoms with Crippen LogP contribution in [0.5, 0.6) is 0 Å². The molecule has 0 spiro atoms. The summed E-state index contributed by atoms with van der Waals surface area (Å²) in [4.78, 5) is 8.51. The third-order valence-corrected chi connectivity index (χ3v) is 3.00. The summed E-state index contributed by atoms with van der Waals surface area (Å²) >= 11 is 3.36. The van der Waals surface area contributed by atoms with Crippen LogP contribution in [0.4, 0.5) is 5.82 Å². The Morgan fingerprint density at radius 3 is 2.83 bits per heavy atom. The summed E-state index contributed by atoms with van der Waals surface area (Å²) in [5, 5.41) is 7.71. The van der Waals surface area contributed by atoms with Gasteiger partial charge in [0.05, 0.1) is 5.69 Å². The summed E-state index contributed by atoms with van der Waals surface area (Å²) in [5.74, 6) is 1.56. The van der Waals surface area contributed by atoms with E-state index in [0.717, 1.165) is 34.9 Å². The lowest BCUT2D eigenvalue weighted by Gasteiger charge is -2.06. The maximum atomic E-state index is 4.41. The van der Waals surface area contributed by atoms with Crippen molar-refractivity contribution in [1.29, 1.82) is 0 Å². The Morgan fingerprint density at radius 2 is 2.17 bits per heavy atom. The first kappa shape index (κ1) is 13.0. The summed E-state index contributed by atoms with van der Waals surface area (Å²) in [7, 11) is 1.94. The van der Waals surface area contributed by atoms with Gasteiger partial charge in [-0.05, 0) is 29.3 Å². The van der Waals surface area contributed by atoms with Gasteiger partial charge in [-0.25, -0.2) is 9.97 Å². The number of nitrogens with zero attached hydrogens (tertiary/aromatic N) is 4. The molecule has 0 bridgehead atoms. The van der Waals surface area contributed by atoms with Crippen LogP contribution < -0.4 is 5.32 Å². The quantitative estimate of drug-likeness (QED) is 0.881. The first-order valence-electron chi connectivity index (χ1n) is 5.85. The molecule has 0 radical (unpaired) electrons. The van der Waals surface area contributed by atoms with E-state index in [1.165, 1.54) is 5.56 Å². The normalized spacial score (nSPS) is 10.7. The maximum Gasteiger partial charge on any atom is 0.131 e. The number of halogens is 1. The fourth-order valence-electron chi connectivity index (χ4n) is 1.84. The summed E-state index contributed by atoms with van der Waals surface area (Å²) < 4.78 is 2.64. The minimum atomic E-state index is 0.722. The Kier molecular flexibility index (Phi) is 3.96. The molecular formula is C12H16BrN5. The van der Waals surface area contributed by atoms with E-state index in [0.29, 0.717) is 0 Å². The number of hydrogen-bond donors (Lipinski definition) is 1. The highest BCUT2D eigenvalue weighted by Gasteiger charge is 2.06. The van der Waals surface area contributed by atoms with Crippen molar-refractivity contribution < 1.29 is 0 Å². The molecule has 2 aromatic heterocycles. The molecule has 1 N–H and O–H groups in total. The van der Waals surface area contributed by atoms with E-state index in [9.17, 15) is 0 Å². The Hall–Kier alpha value is -1.43. The van der Waals surface area contributed by atoms with E-state index in [-0.39, 0.29) is 0 Å². The molecule has 0 aliphatic carbocycles. The van der Waals surface area contributed by atoms with E-state index in [2.05, 4.69) is 43.2 Å². The molecule has 0 unspecified atom stereocenters. The van der Waals surface area contributed by atoms with Gasteiger partial charge in [0.25, 0.3) is 0 Å². The lowest BCUT2D eigenvalue weighted by Crippen LogP contribution is -2.04. The summed E-state index contributed by atoms with van der Waals surface area (Å²) in [6, 6.07) is 1.87. The average molecular weight is 310 g/mol. The smallest absolute Gasteiger partial charge is 0.131 e. The molecule has 18 heavy (non-hydrogen) atoms. The van der Waals surface area contributed by atoms with Crippen molar-refractivity contribution in [3.8, 4) is 0 Å². The van der Waals surface area contributed by atoms with Crippen LogP contribution in [-0.4, -0.2) is 19.7 Å². The Labute approximate surface area is 115 Å². The van der Waals surface area contributed by atoms with Crippen molar-refractivity contribution in [1.82, 2.24) is 19.7 Å². The standard InChI is InChI=1S/C12H16BrN5/c1-4-10-9(7-18(3)17-10)6-14-12-5-11(13)15-8(2)16-12/h5,7H,4,6H2,1-3H3,(H,14,15,16). The molecule has 0 aliphatic heterocycles. The van der Waals surface area contributed by atoms with E-state index < -0.39 is 0 Å². The highest BCUT2D eigenvalue weighted by molar-refractivity contribution is 9.10. The van der Waals surface area contributed by atoms with Gasteiger partial charge in [-0.15, -0.1) is 0 Å². The van der Waals surface area contributed by atoms with Crippen molar-refractivity contribution in [3.05, 3.63) is 33.9 Å². The number of aryl methyl sites for hydroxylation is 3. The Balaban J connectivity index is 2.11. The van der Waals surface area contributed by atoms with Crippen LogP contribution in [-0.2, 0) is 20.0 Å². The fraction of sp³-hybridized carbons (Fsp3) is 0.417. The van der Waals surface area contributed by atoms with Crippen molar-refractivity contribution in [2.45, 2.75) is 26.8 Å². The first-order chi connectivity index (χ1) is 8.58. The van der Waals surface area contributed by atoms with E-state index in [4.69, 9.17) is 0 Å². The SMILES string of the molecule is CCc1nn(C)cc1CNc1cc(Br)nc(C)n1. The largest absolute Gasteiger partial charge is 0.366 e. The third-order valence-electron chi connectivity index (χ3n) is 2.59. The van der Waals surface area contributed by atoms with Crippen LogP contribution in [0.25, 0.3) is 0 Å². The fourth-order valence-corrected chi connectivity index (χ4v) is 2.31. The zero-order valence-corrected chi connectivity index (χ0v) is 12.3. The lowest BCUT2D eigenvalue weighted by molar-refractivity contribution is 0.746. The Morgan fingerprint density at radius 1 is 1.39 bits per heavy atom. The molecule has 2 heterocycles. The van der Waals surface area contributed by atoms with Gasteiger partial charge in [-0.1, -0.05) is 6.92 Å².